The molecule has 0 saturated heterocycles. The molecule has 2 aromatic rings. The van der Waals surface area contributed by atoms with Gasteiger partial charge in [0.25, 0.3) is 0 Å². The predicted molar refractivity (Wildman–Crippen MR) is 68.1 cm³/mol. The Morgan fingerprint density at radius 3 is 3.33 bits per heavy atom. The highest BCUT2D eigenvalue weighted by atomic mass is 32.1. The van der Waals surface area contributed by atoms with Gasteiger partial charge in [0.05, 0.1) is 17.4 Å². The van der Waals surface area contributed by atoms with Crippen LogP contribution in [-0.4, -0.2) is 32.5 Å². The molecule has 6 heteroatoms. The highest BCUT2D eigenvalue weighted by Gasteiger charge is 2.21. The Morgan fingerprint density at radius 1 is 1.56 bits per heavy atom. The normalized spacial score (nSPS) is 14.6. The topological polar surface area (TPSA) is 61.9 Å². The van der Waals surface area contributed by atoms with Gasteiger partial charge in [-0.2, -0.15) is 5.10 Å². The molecule has 94 valence electrons. The molecule has 0 fully saturated rings. The lowest BCUT2D eigenvalue weighted by Crippen LogP contribution is -2.35. The second-order valence-corrected chi connectivity index (χ2v) is 5.14. The van der Waals surface area contributed by atoms with Gasteiger partial charge in [0, 0.05) is 42.6 Å². The zero-order valence-electron chi connectivity index (χ0n) is 9.93. The van der Waals surface area contributed by atoms with Gasteiger partial charge in [-0.3, -0.25) is 9.89 Å². The van der Waals surface area contributed by atoms with Gasteiger partial charge in [-0.25, -0.2) is 4.98 Å². The summed E-state index contributed by atoms with van der Waals surface area (Å²) < 4.78 is 0. The molecule has 3 heterocycles. The number of carbonyl (C=O) groups excluding carboxylic acids is 1. The lowest BCUT2D eigenvalue weighted by atomic mass is 10.1. The summed E-state index contributed by atoms with van der Waals surface area (Å²) in [6.45, 7) is 1.47. The van der Waals surface area contributed by atoms with Gasteiger partial charge >= 0.3 is 0 Å². The molecular weight excluding hydrogens is 248 g/mol. The number of hydrogen-bond acceptors (Lipinski definition) is 4. The smallest absolute Gasteiger partial charge is 0.223 e. The second kappa shape index (κ2) is 4.89. The van der Waals surface area contributed by atoms with Crippen molar-refractivity contribution in [1.82, 2.24) is 20.1 Å². The third kappa shape index (κ3) is 2.28. The van der Waals surface area contributed by atoms with E-state index in [1.165, 1.54) is 5.69 Å². The van der Waals surface area contributed by atoms with Crippen molar-refractivity contribution in [2.75, 3.05) is 6.54 Å². The minimum Gasteiger partial charge on any atom is -0.338 e. The third-order valence-corrected chi connectivity index (χ3v) is 3.87. The fourth-order valence-corrected chi connectivity index (χ4v) is 2.78. The number of aromatic nitrogens is 3. The van der Waals surface area contributed by atoms with Crippen LogP contribution in [-0.2, 0) is 24.2 Å². The zero-order valence-corrected chi connectivity index (χ0v) is 10.7. The fraction of sp³-hybridized carbons (Fsp3) is 0.417. The van der Waals surface area contributed by atoms with Crippen molar-refractivity contribution in [2.24, 2.45) is 0 Å². The summed E-state index contributed by atoms with van der Waals surface area (Å²) in [4.78, 5) is 18.2. The van der Waals surface area contributed by atoms with Crippen molar-refractivity contribution in [3.05, 3.63) is 34.0 Å². The van der Waals surface area contributed by atoms with Crippen LogP contribution in [0.2, 0.25) is 0 Å². The molecule has 0 atom stereocenters. The van der Waals surface area contributed by atoms with Crippen molar-refractivity contribution in [1.29, 1.82) is 0 Å². The average Bonchev–Trinajstić information content (AvgIpc) is 3.05. The van der Waals surface area contributed by atoms with Crippen LogP contribution in [0.15, 0.2) is 17.1 Å². The molecule has 0 aliphatic carbocycles. The fourth-order valence-electron chi connectivity index (χ4n) is 2.19. The Hall–Kier alpha value is -1.69. The maximum absolute atomic E-state index is 12.1. The summed E-state index contributed by atoms with van der Waals surface area (Å²) in [7, 11) is 0. The van der Waals surface area contributed by atoms with Gasteiger partial charge in [0.1, 0.15) is 0 Å². The van der Waals surface area contributed by atoms with Gasteiger partial charge in [0.2, 0.25) is 5.91 Å². The largest absolute Gasteiger partial charge is 0.338 e. The molecule has 0 unspecified atom stereocenters. The first-order chi connectivity index (χ1) is 8.83. The number of nitrogens with zero attached hydrogens (tertiary/aromatic N) is 3. The lowest BCUT2D eigenvalue weighted by molar-refractivity contribution is -0.132. The summed E-state index contributed by atoms with van der Waals surface area (Å²) in [5.74, 6) is 0.204. The van der Waals surface area contributed by atoms with Gasteiger partial charge in [-0.05, 0) is 6.42 Å². The predicted octanol–water partition coefficient (Wildman–Crippen LogP) is 1.38. The summed E-state index contributed by atoms with van der Waals surface area (Å²) in [5.41, 5.74) is 5.12. The van der Waals surface area contributed by atoms with Crippen LogP contribution in [0.5, 0.6) is 0 Å². The number of fused-ring (bicyclic) bond motifs is 1. The number of amides is 1. The standard InChI is InChI=1S/C12H14N4OS/c17-12(2-1-10-7-18-8-13-10)16-4-3-11-9(6-16)5-14-15-11/h5,7-8H,1-4,6H2,(H,14,15). The van der Waals surface area contributed by atoms with Gasteiger partial charge in [-0.1, -0.05) is 0 Å². The lowest BCUT2D eigenvalue weighted by Gasteiger charge is -2.26. The van der Waals surface area contributed by atoms with E-state index in [0.29, 0.717) is 13.0 Å². The molecule has 0 radical (unpaired) electrons. The monoisotopic (exact) mass is 262 g/mol. The van der Waals surface area contributed by atoms with E-state index in [0.717, 1.165) is 30.6 Å². The van der Waals surface area contributed by atoms with Crippen LogP contribution in [0, 0.1) is 0 Å². The van der Waals surface area contributed by atoms with E-state index in [4.69, 9.17) is 0 Å². The first kappa shape index (κ1) is 11.4. The molecule has 0 saturated carbocycles. The van der Waals surface area contributed by atoms with Crippen LogP contribution in [0.3, 0.4) is 0 Å². The number of thiazole rings is 1. The first-order valence-corrected chi connectivity index (χ1v) is 6.93. The summed E-state index contributed by atoms with van der Waals surface area (Å²) in [5, 5.41) is 8.99. The van der Waals surface area contributed by atoms with Gasteiger partial charge < -0.3 is 4.90 Å². The van der Waals surface area contributed by atoms with E-state index in [9.17, 15) is 4.79 Å². The van der Waals surface area contributed by atoms with Crippen LogP contribution in [0.25, 0.3) is 0 Å². The minimum absolute atomic E-state index is 0.204. The molecular formula is C12H14N4OS. The average molecular weight is 262 g/mol. The van der Waals surface area contributed by atoms with E-state index in [-0.39, 0.29) is 5.91 Å². The molecule has 0 aromatic carbocycles. The number of aromatic amines is 1. The molecule has 1 amide bonds. The zero-order chi connectivity index (χ0) is 12.4. The molecule has 18 heavy (non-hydrogen) atoms. The van der Waals surface area contributed by atoms with Crippen LogP contribution in [0.4, 0.5) is 0 Å². The molecule has 0 bridgehead atoms. The Morgan fingerprint density at radius 2 is 2.50 bits per heavy atom. The molecule has 0 spiro atoms. The number of hydrogen-bond donors (Lipinski definition) is 1. The first-order valence-electron chi connectivity index (χ1n) is 5.99. The quantitative estimate of drug-likeness (QED) is 0.909. The Balaban J connectivity index is 1.57. The second-order valence-electron chi connectivity index (χ2n) is 4.42. The van der Waals surface area contributed by atoms with Crippen molar-refractivity contribution >= 4 is 17.2 Å². The van der Waals surface area contributed by atoms with E-state index >= 15 is 0 Å². The number of H-pyrrole nitrogens is 1. The van der Waals surface area contributed by atoms with E-state index in [1.54, 1.807) is 16.8 Å². The van der Waals surface area contributed by atoms with Crippen molar-refractivity contribution in [3.8, 4) is 0 Å². The number of aryl methyl sites for hydroxylation is 1. The van der Waals surface area contributed by atoms with E-state index in [1.807, 2.05) is 16.5 Å². The van der Waals surface area contributed by atoms with Crippen molar-refractivity contribution in [2.45, 2.75) is 25.8 Å². The molecule has 3 rings (SSSR count). The molecule has 5 nitrogen and oxygen atoms in total. The minimum atomic E-state index is 0.204. The maximum Gasteiger partial charge on any atom is 0.223 e. The number of nitrogens with one attached hydrogen (secondary N) is 1. The van der Waals surface area contributed by atoms with E-state index in [2.05, 4.69) is 15.2 Å². The Labute approximate surface area is 109 Å². The summed E-state index contributed by atoms with van der Waals surface area (Å²) in [6, 6.07) is 0. The number of carbonyl (C=O) groups is 1. The van der Waals surface area contributed by atoms with Crippen LogP contribution in [0.1, 0.15) is 23.4 Å². The van der Waals surface area contributed by atoms with Crippen LogP contribution >= 0.6 is 11.3 Å². The van der Waals surface area contributed by atoms with Crippen LogP contribution < -0.4 is 0 Å². The molecule has 2 aromatic heterocycles. The van der Waals surface area contributed by atoms with Crippen molar-refractivity contribution in [3.63, 3.8) is 0 Å². The highest BCUT2D eigenvalue weighted by molar-refractivity contribution is 7.07. The Bertz CT molecular complexity index is 534. The summed E-state index contributed by atoms with van der Waals surface area (Å²) in [6.07, 6.45) is 3.96. The maximum atomic E-state index is 12.1. The molecule has 1 aliphatic rings. The molecule has 1 N–H and O–H groups in total. The van der Waals surface area contributed by atoms with Crippen molar-refractivity contribution < 1.29 is 4.79 Å². The number of rotatable bonds is 3. The van der Waals surface area contributed by atoms with E-state index < -0.39 is 0 Å². The van der Waals surface area contributed by atoms with Gasteiger partial charge in [0.15, 0.2) is 0 Å². The van der Waals surface area contributed by atoms with Gasteiger partial charge in [-0.15, -0.1) is 11.3 Å². The SMILES string of the molecule is O=C(CCc1cscn1)N1CCc2[nH]ncc2C1. The molecule has 1 aliphatic heterocycles. The summed E-state index contributed by atoms with van der Waals surface area (Å²) >= 11 is 1.57. The Kier molecular flexibility index (Phi) is 3.10. The third-order valence-electron chi connectivity index (χ3n) is 3.23. The highest BCUT2D eigenvalue weighted by Crippen LogP contribution is 2.17.